The first-order valence-electron chi connectivity index (χ1n) is 7.42. The van der Waals surface area contributed by atoms with Crippen LogP contribution in [0.4, 0.5) is 0 Å². The minimum absolute atomic E-state index is 0.00954. The summed E-state index contributed by atoms with van der Waals surface area (Å²) in [5.74, 6) is 0. The SMILES string of the molecule is O=P(c1ccccc1)(c1ccccc1)C1Sc2ccccc2S1. The lowest BCUT2D eigenvalue weighted by atomic mass is 10.4. The molecule has 3 aromatic rings. The average molecular weight is 354 g/mol. The van der Waals surface area contributed by atoms with Crippen LogP contribution < -0.4 is 10.6 Å². The topological polar surface area (TPSA) is 17.1 Å². The van der Waals surface area contributed by atoms with Gasteiger partial charge in [0.2, 0.25) is 0 Å². The first-order chi connectivity index (χ1) is 11.3. The summed E-state index contributed by atoms with van der Waals surface area (Å²) in [6.07, 6.45) is 0. The molecule has 23 heavy (non-hydrogen) atoms. The lowest BCUT2D eigenvalue weighted by Crippen LogP contribution is -2.21. The predicted octanol–water partition coefficient (Wildman–Crippen LogP) is 5.18. The van der Waals surface area contributed by atoms with Crippen molar-refractivity contribution in [1.82, 2.24) is 0 Å². The molecule has 0 unspecified atom stereocenters. The Kier molecular flexibility index (Phi) is 4.11. The zero-order chi connectivity index (χ0) is 15.7. The van der Waals surface area contributed by atoms with Crippen LogP contribution in [0.15, 0.2) is 94.7 Å². The number of benzene rings is 3. The summed E-state index contributed by atoms with van der Waals surface area (Å²) in [5, 5.41) is 1.87. The van der Waals surface area contributed by atoms with Crippen molar-refractivity contribution in [1.29, 1.82) is 0 Å². The molecule has 4 heteroatoms. The summed E-state index contributed by atoms with van der Waals surface area (Å²) >= 11 is 3.47. The van der Waals surface area contributed by atoms with Crippen LogP contribution in [0, 0.1) is 0 Å². The Morgan fingerprint density at radius 2 is 1.00 bits per heavy atom. The van der Waals surface area contributed by atoms with Crippen molar-refractivity contribution in [3.8, 4) is 0 Å². The Balaban J connectivity index is 1.84. The molecule has 0 saturated carbocycles. The first-order valence-corrected chi connectivity index (χ1v) is 11.0. The molecule has 1 aliphatic heterocycles. The second kappa shape index (κ2) is 6.24. The average Bonchev–Trinajstić information content (AvgIpc) is 3.07. The maximum atomic E-state index is 14.2. The van der Waals surface area contributed by atoms with E-state index in [1.165, 1.54) is 9.79 Å². The van der Waals surface area contributed by atoms with Gasteiger partial charge in [-0.3, -0.25) is 0 Å². The molecule has 1 aliphatic rings. The summed E-state index contributed by atoms with van der Waals surface area (Å²) in [6.45, 7) is 0. The molecule has 0 atom stereocenters. The summed E-state index contributed by atoms with van der Waals surface area (Å²) in [4.78, 5) is 2.46. The second-order valence-corrected chi connectivity index (χ2v) is 11.5. The van der Waals surface area contributed by atoms with Crippen LogP contribution >= 0.6 is 30.7 Å². The Labute approximate surface area is 144 Å². The minimum atomic E-state index is -2.73. The van der Waals surface area contributed by atoms with Gasteiger partial charge < -0.3 is 4.57 Å². The van der Waals surface area contributed by atoms with E-state index in [0.717, 1.165) is 10.6 Å². The van der Waals surface area contributed by atoms with E-state index in [2.05, 4.69) is 12.1 Å². The largest absolute Gasteiger partial charge is 0.312 e. The van der Waals surface area contributed by atoms with Gasteiger partial charge in [0.25, 0.3) is 0 Å². The van der Waals surface area contributed by atoms with Crippen molar-refractivity contribution in [3.05, 3.63) is 84.9 Å². The maximum absolute atomic E-state index is 14.2. The van der Waals surface area contributed by atoms with Crippen molar-refractivity contribution < 1.29 is 4.57 Å². The van der Waals surface area contributed by atoms with E-state index in [0.29, 0.717) is 0 Å². The van der Waals surface area contributed by atoms with Gasteiger partial charge in [-0.1, -0.05) is 72.8 Å². The molecular weight excluding hydrogens is 339 g/mol. The van der Waals surface area contributed by atoms with Crippen molar-refractivity contribution >= 4 is 41.3 Å². The third kappa shape index (κ3) is 2.67. The van der Waals surface area contributed by atoms with Gasteiger partial charge in [0.05, 0.1) is 0 Å². The summed E-state index contributed by atoms with van der Waals surface area (Å²) < 4.78 is 14.2. The monoisotopic (exact) mass is 354 g/mol. The molecular formula is C19H15OPS2. The number of hydrogen-bond donors (Lipinski definition) is 0. The Morgan fingerprint density at radius 1 is 0.609 bits per heavy atom. The molecule has 0 fully saturated rings. The highest BCUT2D eigenvalue weighted by atomic mass is 32.2. The number of hydrogen-bond acceptors (Lipinski definition) is 3. The first kappa shape index (κ1) is 15.1. The van der Waals surface area contributed by atoms with Gasteiger partial charge >= 0.3 is 0 Å². The fraction of sp³-hybridized carbons (Fsp3) is 0.0526. The van der Waals surface area contributed by atoms with Gasteiger partial charge in [-0.15, -0.1) is 23.5 Å². The van der Waals surface area contributed by atoms with Crippen LogP contribution in [0.2, 0.25) is 0 Å². The van der Waals surface area contributed by atoms with E-state index in [-0.39, 0.29) is 4.32 Å². The van der Waals surface area contributed by atoms with Gasteiger partial charge in [-0.2, -0.15) is 0 Å². The number of fused-ring (bicyclic) bond motifs is 1. The molecule has 0 amide bonds. The molecule has 1 nitrogen and oxygen atoms in total. The third-order valence-corrected chi connectivity index (χ3v) is 11.3. The van der Waals surface area contributed by atoms with Crippen LogP contribution in [0.1, 0.15) is 0 Å². The van der Waals surface area contributed by atoms with Crippen molar-refractivity contribution in [2.45, 2.75) is 14.1 Å². The van der Waals surface area contributed by atoms with Crippen LogP contribution in [-0.2, 0) is 4.57 Å². The fourth-order valence-corrected chi connectivity index (χ4v) is 10.3. The van der Waals surface area contributed by atoms with Crippen LogP contribution in [0.3, 0.4) is 0 Å². The standard InChI is InChI=1S/C19H15OPS2/c20-21(15-9-3-1-4-10-15,16-11-5-2-6-12-16)19-22-17-13-7-8-14-18(17)23-19/h1-14,19H. The van der Waals surface area contributed by atoms with E-state index in [1.807, 2.05) is 72.8 Å². The van der Waals surface area contributed by atoms with Gasteiger partial charge in [0, 0.05) is 20.4 Å². The zero-order valence-electron chi connectivity index (χ0n) is 12.3. The van der Waals surface area contributed by atoms with E-state index in [1.54, 1.807) is 23.5 Å². The minimum Gasteiger partial charge on any atom is -0.312 e. The quantitative estimate of drug-likeness (QED) is 0.603. The molecule has 114 valence electrons. The van der Waals surface area contributed by atoms with Gasteiger partial charge in [-0.25, -0.2) is 0 Å². The van der Waals surface area contributed by atoms with Crippen LogP contribution in [-0.4, -0.2) is 4.32 Å². The zero-order valence-corrected chi connectivity index (χ0v) is 14.9. The van der Waals surface area contributed by atoms with E-state index in [9.17, 15) is 4.57 Å². The van der Waals surface area contributed by atoms with Gasteiger partial charge in [-0.05, 0) is 12.1 Å². The summed E-state index contributed by atoms with van der Waals surface area (Å²) in [5.41, 5.74) is 0. The number of thioether (sulfide) groups is 2. The molecule has 0 spiro atoms. The van der Waals surface area contributed by atoms with Gasteiger partial charge in [0.15, 0.2) is 7.14 Å². The van der Waals surface area contributed by atoms with E-state index in [4.69, 9.17) is 0 Å². The molecule has 0 aliphatic carbocycles. The molecule has 0 aromatic heterocycles. The van der Waals surface area contributed by atoms with E-state index < -0.39 is 7.14 Å². The maximum Gasteiger partial charge on any atom is 0.165 e. The van der Waals surface area contributed by atoms with Gasteiger partial charge in [0.1, 0.15) is 4.32 Å². The predicted molar refractivity (Wildman–Crippen MR) is 102 cm³/mol. The van der Waals surface area contributed by atoms with Crippen molar-refractivity contribution in [3.63, 3.8) is 0 Å². The third-order valence-electron chi connectivity index (χ3n) is 3.88. The molecule has 0 N–H and O–H groups in total. The van der Waals surface area contributed by atoms with Crippen molar-refractivity contribution in [2.24, 2.45) is 0 Å². The van der Waals surface area contributed by atoms with E-state index >= 15 is 0 Å². The highest BCUT2D eigenvalue weighted by Crippen LogP contribution is 2.65. The lowest BCUT2D eigenvalue weighted by Gasteiger charge is -2.24. The second-order valence-electron chi connectivity index (χ2n) is 5.32. The van der Waals surface area contributed by atoms with Crippen LogP contribution in [0.25, 0.3) is 0 Å². The Hall–Kier alpha value is -1.41. The molecule has 0 bridgehead atoms. The molecule has 4 rings (SSSR count). The normalized spacial score (nSPS) is 14.6. The van der Waals surface area contributed by atoms with Crippen LogP contribution in [0.5, 0.6) is 0 Å². The molecule has 3 aromatic carbocycles. The lowest BCUT2D eigenvalue weighted by molar-refractivity contribution is 0.589. The highest BCUT2D eigenvalue weighted by molar-refractivity contribution is 8.28. The summed E-state index contributed by atoms with van der Waals surface area (Å²) in [6, 6.07) is 28.2. The Morgan fingerprint density at radius 3 is 1.43 bits per heavy atom. The van der Waals surface area contributed by atoms with Crippen molar-refractivity contribution in [2.75, 3.05) is 0 Å². The molecule has 1 heterocycles. The summed E-state index contributed by atoms with van der Waals surface area (Å²) in [7, 11) is -2.73. The number of rotatable bonds is 3. The fourth-order valence-electron chi connectivity index (χ4n) is 2.73. The smallest absolute Gasteiger partial charge is 0.165 e. The molecule has 0 radical (unpaired) electrons. The highest BCUT2D eigenvalue weighted by Gasteiger charge is 2.41. The Bertz CT molecular complexity index is 796. The molecule has 0 saturated heterocycles.